The van der Waals surface area contributed by atoms with Crippen LogP contribution < -0.4 is 4.90 Å². The smallest absolute Gasteiger partial charge is 0.350 e. The van der Waals surface area contributed by atoms with Gasteiger partial charge in [0.15, 0.2) is 5.65 Å². The lowest BCUT2D eigenvalue weighted by atomic mass is 9.82. The van der Waals surface area contributed by atoms with Gasteiger partial charge in [-0.3, -0.25) is 4.79 Å². The number of fused-ring (bicyclic) bond motifs is 1. The van der Waals surface area contributed by atoms with Gasteiger partial charge in [-0.25, -0.2) is 14.3 Å². The average Bonchev–Trinajstić information content (AvgIpc) is 3.54. The fraction of sp³-hybridized carbons (Fsp3) is 0.379. The standard InChI is InChI=1S/C29H32N4O3S/c1-18(2)33(28(34)22-8-6-19(3)7-9-22)24-17-25(37-27(24)29(35)36-4)21-12-10-20(11-13-21)23-16-26-30-14-5-15-32(26)31-23/h5,10-19,22H,6-9H2,1-4H3. The molecule has 5 rings (SSSR count). The fourth-order valence-electron chi connectivity index (χ4n) is 5.07. The molecule has 7 nitrogen and oxygen atoms in total. The van der Waals surface area contributed by atoms with Crippen LogP contribution in [-0.2, 0) is 9.53 Å². The van der Waals surface area contributed by atoms with Crippen LogP contribution in [0.1, 0.15) is 56.1 Å². The SMILES string of the molecule is COC(=O)c1sc(-c2ccc(-c3cc4ncccn4n3)cc2)cc1N(C(=O)C1CCC(C)CC1)C(C)C. The molecule has 0 unspecified atom stereocenters. The minimum atomic E-state index is -0.421. The summed E-state index contributed by atoms with van der Waals surface area (Å²) in [6.07, 6.45) is 7.54. The third kappa shape index (κ3) is 5.03. The summed E-state index contributed by atoms with van der Waals surface area (Å²) in [5, 5.41) is 4.60. The Morgan fingerprint density at radius 3 is 2.43 bits per heavy atom. The first-order chi connectivity index (χ1) is 17.9. The molecular formula is C29H32N4O3S. The summed E-state index contributed by atoms with van der Waals surface area (Å²) in [4.78, 5) is 34.0. The lowest BCUT2D eigenvalue weighted by Crippen LogP contribution is -2.42. The van der Waals surface area contributed by atoms with Crippen LogP contribution in [0.25, 0.3) is 27.3 Å². The molecule has 3 heterocycles. The zero-order valence-electron chi connectivity index (χ0n) is 21.7. The molecule has 0 spiro atoms. The zero-order chi connectivity index (χ0) is 26.1. The monoisotopic (exact) mass is 516 g/mol. The molecule has 1 amide bonds. The predicted octanol–water partition coefficient (Wildman–Crippen LogP) is 6.48. The van der Waals surface area contributed by atoms with Crippen molar-refractivity contribution in [2.24, 2.45) is 11.8 Å². The molecule has 1 fully saturated rings. The summed E-state index contributed by atoms with van der Waals surface area (Å²) in [6, 6.07) is 13.8. The molecule has 4 aromatic rings. The van der Waals surface area contributed by atoms with Crippen LogP contribution in [0, 0.1) is 11.8 Å². The molecule has 1 aromatic carbocycles. The fourth-order valence-corrected chi connectivity index (χ4v) is 6.15. The van der Waals surface area contributed by atoms with E-state index in [1.165, 1.54) is 18.4 Å². The Balaban J connectivity index is 1.48. The maximum atomic E-state index is 13.7. The minimum absolute atomic E-state index is 0.00773. The van der Waals surface area contributed by atoms with E-state index < -0.39 is 5.97 Å². The molecule has 0 radical (unpaired) electrons. The molecular weight excluding hydrogens is 484 g/mol. The van der Waals surface area contributed by atoms with Crippen molar-refractivity contribution in [1.29, 1.82) is 0 Å². The van der Waals surface area contributed by atoms with Gasteiger partial charge in [-0.1, -0.05) is 31.2 Å². The van der Waals surface area contributed by atoms with Gasteiger partial charge in [-0.2, -0.15) is 5.10 Å². The van der Waals surface area contributed by atoms with Gasteiger partial charge in [0, 0.05) is 40.9 Å². The van der Waals surface area contributed by atoms with E-state index in [4.69, 9.17) is 4.74 Å². The molecule has 1 aliphatic carbocycles. The summed E-state index contributed by atoms with van der Waals surface area (Å²) < 4.78 is 6.87. The maximum absolute atomic E-state index is 13.7. The van der Waals surface area contributed by atoms with Gasteiger partial charge in [0.1, 0.15) is 4.88 Å². The first-order valence-electron chi connectivity index (χ1n) is 12.8. The largest absolute Gasteiger partial charge is 0.465 e. The number of methoxy groups -OCH3 is 1. The minimum Gasteiger partial charge on any atom is -0.465 e. The number of amides is 1. The number of hydrogen-bond acceptors (Lipinski definition) is 6. The van der Waals surface area contributed by atoms with Crippen molar-refractivity contribution in [3.63, 3.8) is 0 Å². The summed E-state index contributed by atoms with van der Waals surface area (Å²) in [6.45, 7) is 6.25. The van der Waals surface area contributed by atoms with Crippen LogP contribution in [0.15, 0.2) is 54.9 Å². The van der Waals surface area contributed by atoms with Crippen LogP contribution in [0.4, 0.5) is 5.69 Å². The Kier molecular flexibility index (Phi) is 7.11. The number of nitrogens with zero attached hydrogens (tertiary/aromatic N) is 4. The van der Waals surface area contributed by atoms with Crippen molar-refractivity contribution >= 4 is 34.5 Å². The van der Waals surface area contributed by atoms with Crippen molar-refractivity contribution in [3.05, 3.63) is 59.7 Å². The summed E-state index contributed by atoms with van der Waals surface area (Å²) in [5.74, 6) is 0.337. The summed E-state index contributed by atoms with van der Waals surface area (Å²) >= 11 is 1.36. The number of esters is 1. The van der Waals surface area contributed by atoms with E-state index in [1.54, 1.807) is 10.7 Å². The number of ether oxygens (including phenoxy) is 1. The van der Waals surface area contributed by atoms with Gasteiger partial charge >= 0.3 is 5.97 Å². The lowest BCUT2D eigenvalue weighted by molar-refractivity contribution is -0.123. The highest BCUT2D eigenvalue weighted by Gasteiger charge is 2.33. The van der Waals surface area contributed by atoms with Gasteiger partial charge in [-0.05, 0) is 63.1 Å². The lowest BCUT2D eigenvalue weighted by Gasteiger charge is -2.33. The summed E-state index contributed by atoms with van der Waals surface area (Å²) in [7, 11) is 1.38. The molecule has 1 aliphatic rings. The topological polar surface area (TPSA) is 76.8 Å². The Bertz CT molecular complexity index is 1380. The van der Waals surface area contributed by atoms with Crippen LogP contribution in [0.5, 0.6) is 0 Å². The number of hydrogen-bond donors (Lipinski definition) is 0. The molecule has 8 heteroatoms. The van der Waals surface area contributed by atoms with Crippen LogP contribution in [-0.4, -0.2) is 39.6 Å². The second kappa shape index (κ2) is 10.5. The molecule has 0 aliphatic heterocycles. The van der Waals surface area contributed by atoms with E-state index in [-0.39, 0.29) is 17.9 Å². The molecule has 1 saturated carbocycles. The molecule has 0 saturated heterocycles. The van der Waals surface area contributed by atoms with Gasteiger partial charge in [0.2, 0.25) is 5.91 Å². The highest BCUT2D eigenvalue weighted by molar-refractivity contribution is 7.18. The van der Waals surface area contributed by atoms with Crippen LogP contribution in [0.2, 0.25) is 0 Å². The molecule has 192 valence electrons. The second-order valence-corrected chi connectivity index (χ2v) is 11.2. The van der Waals surface area contributed by atoms with E-state index in [0.29, 0.717) is 16.5 Å². The number of anilines is 1. The van der Waals surface area contributed by atoms with Crippen molar-refractivity contribution in [3.8, 4) is 21.7 Å². The Hall–Kier alpha value is -3.52. The maximum Gasteiger partial charge on any atom is 0.350 e. The first kappa shape index (κ1) is 25.1. The van der Waals surface area contributed by atoms with E-state index >= 15 is 0 Å². The number of carbonyl (C=O) groups excluding carboxylic acids is 2. The normalized spacial score (nSPS) is 17.8. The zero-order valence-corrected chi connectivity index (χ0v) is 22.5. The van der Waals surface area contributed by atoms with Crippen LogP contribution >= 0.6 is 11.3 Å². The molecule has 37 heavy (non-hydrogen) atoms. The predicted molar refractivity (Wildman–Crippen MR) is 147 cm³/mol. The number of aromatic nitrogens is 3. The number of carbonyl (C=O) groups is 2. The number of benzene rings is 1. The van der Waals surface area contributed by atoms with Gasteiger partial charge in [0.25, 0.3) is 0 Å². The highest BCUT2D eigenvalue weighted by Crippen LogP contribution is 2.40. The Morgan fingerprint density at radius 1 is 1.08 bits per heavy atom. The van der Waals surface area contributed by atoms with Gasteiger partial charge < -0.3 is 9.64 Å². The molecule has 3 aromatic heterocycles. The number of rotatable bonds is 6. The quantitative estimate of drug-likeness (QED) is 0.274. The molecule has 0 N–H and O–H groups in total. The van der Waals surface area contributed by atoms with E-state index in [2.05, 4.69) is 17.0 Å². The third-order valence-corrected chi connectivity index (χ3v) is 8.32. The number of thiophene rings is 1. The molecule has 0 atom stereocenters. The molecule has 0 bridgehead atoms. The second-order valence-electron chi connectivity index (χ2n) is 10.1. The van der Waals surface area contributed by atoms with E-state index in [0.717, 1.165) is 53.0 Å². The van der Waals surface area contributed by atoms with Gasteiger partial charge in [0.05, 0.1) is 18.5 Å². The van der Waals surface area contributed by atoms with Crippen molar-refractivity contribution < 1.29 is 14.3 Å². The summed E-state index contributed by atoms with van der Waals surface area (Å²) in [5.41, 5.74) is 4.21. The van der Waals surface area contributed by atoms with E-state index in [1.807, 2.05) is 67.4 Å². The van der Waals surface area contributed by atoms with Crippen LogP contribution in [0.3, 0.4) is 0 Å². The third-order valence-electron chi connectivity index (χ3n) is 7.16. The van der Waals surface area contributed by atoms with Crippen molar-refractivity contribution in [1.82, 2.24) is 14.6 Å². The van der Waals surface area contributed by atoms with Gasteiger partial charge in [-0.15, -0.1) is 11.3 Å². The van der Waals surface area contributed by atoms with Crippen molar-refractivity contribution in [2.45, 2.75) is 52.5 Å². The first-order valence-corrected chi connectivity index (χ1v) is 13.6. The average molecular weight is 517 g/mol. The Labute approximate surface area is 221 Å². The Morgan fingerprint density at radius 2 is 1.78 bits per heavy atom. The van der Waals surface area contributed by atoms with Crippen molar-refractivity contribution in [2.75, 3.05) is 12.0 Å². The highest BCUT2D eigenvalue weighted by atomic mass is 32.1. The van der Waals surface area contributed by atoms with E-state index in [9.17, 15) is 9.59 Å².